The number of pyridine rings is 1. The van der Waals surface area contributed by atoms with Crippen LogP contribution in [-0.4, -0.2) is 36.4 Å². The van der Waals surface area contributed by atoms with Crippen molar-refractivity contribution in [3.8, 4) is 0 Å². The Bertz CT molecular complexity index is 328. The van der Waals surface area contributed by atoms with E-state index in [1.807, 2.05) is 14.1 Å². The molecule has 1 N–H and O–H groups in total. The van der Waals surface area contributed by atoms with Gasteiger partial charge in [-0.1, -0.05) is 11.6 Å². The van der Waals surface area contributed by atoms with Gasteiger partial charge in [0, 0.05) is 11.2 Å². The van der Waals surface area contributed by atoms with Gasteiger partial charge in [0.25, 0.3) is 0 Å². The predicted octanol–water partition coefficient (Wildman–Crippen LogP) is 1.24. The first kappa shape index (κ1) is 10.9. The second-order valence-corrected chi connectivity index (χ2v) is 3.58. The maximum absolute atomic E-state index is 11.3. The molecule has 1 heterocycles. The monoisotopic (exact) mass is 213 g/mol. The van der Waals surface area contributed by atoms with Crippen molar-refractivity contribution in [2.45, 2.75) is 0 Å². The summed E-state index contributed by atoms with van der Waals surface area (Å²) in [6.45, 7) is 0.328. The molecule has 0 bridgehead atoms. The maximum Gasteiger partial charge on any atom is 0.239 e. The fourth-order valence-corrected chi connectivity index (χ4v) is 1.10. The summed E-state index contributed by atoms with van der Waals surface area (Å²) in [6, 6.07) is 3.26. The molecule has 1 amide bonds. The third kappa shape index (κ3) is 3.72. The highest BCUT2D eigenvalue weighted by molar-refractivity contribution is 6.30. The molecule has 0 fully saturated rings. The lowest BCUT2D eigenvalue weighted by atomic mass is 10.4. The normalized spacial score (nSPS) is 10.3. The van der Waals surface area contributed by atoms with Crippen molar-refractivity contribution in [3.05, 3.63) is 23.4 Å². The van der Waals surface area contributed by atoms with Crippen LogP contribution in [0.4, 0.5) is 5.82 Å². The van der Waals surface area contributed by atoms with Crippen molar-refractivity contribution in [1.29, 1.82) is 0 Å². The Morgan fingerprint density at radius 1 is 1.64 bits per heavy atom. The lowest BCUT2D eigenvalue weighted by Gasteiger charge is -2.09. The first-order chi connectivity index (χ1) is 6.58. The van der Waals surface area contributed by atoms with Crippen LogP contribution in [0.5, 0.6) is 0 Å². The second-order valence-electron chi connectivity index (χ2n) is 3.15. The van der Waals surface area contributed by atoms with Gasteiger partial charge in [-0.3, -0.25) is 4.79 Å². The summed E-state index contributed by atoms with van der Waals surface area (Å²) in [5.74, 6) is 0.370. The summed E-state index contributed by atoms with van der Waals surface area (Å²) in [7, 11) is 3.65. The van der Waals surface area contributed by atoms with Crippen molar-refractivity contribution in [1.82, 2.24) is 9.88 Å². The summed E-state index contributed by atoms with van der Waals surface area (Å²) in [6.07, 6.45) is 1.55. The molecule has 0 aliphatic heterocycles. The van der Waals surface area contributed by atoms with Gasteiger partial charge < -0.3 is 10.2 Å². The topological polar surface area (TPSA) is 45.2 Å². The molecule has 0 atom stereocenters. The summed E-state index contributed by atoms with van der Waals surface area (Å²) in [5.41, 5.74) is 0. The highest BCUT2D eigenvalue weighted by Crippen LogP contribution is 2.11. The van der Waals surface area contributed by atoms with Crippen LogP contribution in [0.15, 0.2) is 18.3 Å². The molecule has 0 aromatic carbocycles. The van der Waals surface area contributed by atoms with E-state index in [9.17, 15) is 4.79 Å². The standard InChI is InChI=1S/C9H12ClN3O/c1-13(2)6-9(14)12-8-5-7(10)3-4-11-8/h3-5H,6H2,1-2H3,(H,11,12,14). The van der Waals surface area contributed by atoms with Crippen molar-refractivity contribution >= 4 is 23.3 Å². The zero-order valence-corrected chi connectivity index (χ0v) is 8.88. The van der Waals surface area contributed by atoms with E-state index in [0.29, 0.717) is 17.4 Å². The van der Waals surface area contributed by atoms with E-state index in [0.717, 1.165) is 0 Å². The van der Waals surface area contributed by atoms with E-state index < -0.39 is 0 Å². The molecule has 0 aliphatic rings. The van der Waals surface area contributed by atoms with E-state index in [1.54, 1.807) is 23.2 Å². The van der Waals surface area contributed by atoms with Gasteiger partial charge in [-0.15, -0.1) is 0 Å². The summed E-state index contributed by atoms with van der Waals surface area (Å²) in [5, 5.41) is 3.19. The van der Waals surface area contributed by atoms with Gasteiger partial charge >= 0.3 is 0 Å². The van der Waals surface area contributed by atoms with Crippen LogP contribution in [0.2, 0.25) is 5.02 Å². The molecule has 14 heavy (non-hydrogen) atoms. The number of carbonyl (C=O) groups excluding carboxylic acids is 1. The third-order valence-electron chi connectivity index (χ3n) is 1.45. The summed E-state index contributed by atoms with van der Waals surface area (Å²) in [4.78, 5) is 17.0. The van der Waals surface area contributed by atoms with E-state index in [-0.39, 0.29) is 5.91 Å². The van der Waals surface area contributed by atoms with E-state index in [2.05, 4.69) is 10.3 Å². The molecular formula is C9H12ClN3O. The number of nitrogens with one attached hydrogen (secondary N) is 1. The van der Waals surface area contributed by atoms with Crippen LogP contribution in [0.25, 0.3) is 0 Å². The van der Waals surface area contributed by atoms with Gasteiger partial charge in [0.1, 0.15) is 5.82 Å². The molecule has 1 aromatic rings. The maximum atomic E-state index is 11.3. The predicted molar refractivity (Wildman–Crippen MR) is 56.4 cm³/mol. The number of amides is 1. The SMILES string of the molecule is CN(C)CC(=O)Nc1cc(Cl)ccn1. The highest BCUT2D eigenvalue weighted by atomic mass is 35.5. The quantitative estimate of drug-likeness (QED) is 0.822. The van der Waals surface area contributed by atoms with Gasteiger partial charge in [0.2, 0.25) is 5.91 Å². The van der Waals surface area contributed by atoms with Gasteiger partial charge in [0.05, 0.1) is 6.54 Å². The van der Waals surface area contributed by atoms with Gasteiger partial charge in [-0.25, -0.2) is 4.98 Å². The zero-order valence-electron chi connectivity index (χ0n) is 8.12. The first-order valence-electron chi connectivity index (χ1n) is 4.14. The third-order valence-corrected chi connectivity index (χ3v) is 1.68. The van der Waals surface area contributed by atoms with Crippen LogP contribution < -0.4 is 5.32 Å². The van der Waals surface area contributed by atoms with Crippen molar-refractivity contribution in [3.63, 3.8) is 0 Å². The molecule has 0 saturated heterocycles. The van der Waals surface area contributed by atoms with Crippen LogP contribution in [-0.2, 0) is 4.79 Å². The molecule has 0 radical (unpaired) electrons. The Balaban J connectivity index is 2.56. The molecule has 0 unspecified atom stereocenters. The molecule has 1 aromatic heterocycles. The molecule has 0 spiro atoms. The molecule has 0 aliphatic carbocycles. The molecule has 0 saturated carbocycles. The molecule has 76 valence electrons. The number of hydrogen-bond donors (Lipinski definition) is 1. The first-order valence-corrected chi connectivity index (χ1v) is 4.52. The number of likely N-dealkylation sites (N-methyl/N-ethyl adjacent to an activating group) is 1. The van der Waals surface area contributed by atoms with Crippen molar-refractivity contribution < 1.29 is 4.79 Å². The number of hydrogen-bond acceptors (Lipinski definition) is 3. The molecular weight excluding hydrogens is 202 g/mol. The largest absolute Gasteiger partial charge is 0.310 e. The number of carbonyl (C=O) groups is 1. The van der Waals surface area contributed by atoms with E-state index >= 15 is 0 Å². The Morgan fingerprint density at radius 3 is 2.93 bits per heavy atom. The zero-order chi connectivity index (χ0) is 10.6. The second kappa shape index (κ2) is 4.93. The number of aromatic nitrogens is 1. The number of nitrogens with zero attached hydrogens (tertiary/aromatic N) is 2. The molecule has 1 rings (SSSR count). The fraction of sp³-hybridized carbons (Fsp3) is 0.333. The van der Waals surface area contributed by atoms with Crippen LogP contribution in [0.3, 0.4) is 0 Å². The average molecular weight is 214 g/mol. The molecule has 4 nitrogen and oxygen atoms in total. The Morgan fingerprint density at radius 2 is 2.36 bits per heavy atom. The van der Waals surface area contributed by atoms with Gasteiger partial charge in [0.15, 0.2) is 0 Å². The lowest BCUT2D eigenvalue weighted by molar-refractivity contribution is -0.116. The summed E-state index contributed by atoms with van der Waals surface area (Å²) < 4.78 is 0. The van der Waals surface area contributed by atoms with Crippen LogP contribution >= 0.6 is 11.6 Å². The fourth-order valence-electron chi connectivity index (χ4n) is 0.943. The van der Waals surface area contributed by atoms with Gasteiger partial charge in [-0.05, 0) is 26.2 Å². The lowest BCUT2D eigenvalue weighted by Crippen LogP contribution is -2.27. The number of halogens is 1. The minimum absolute atomic E-state index is 0.107. The number of rotatable bonds is 3. The average Bonchev–Trinajstić information content (AvgIpc) is 2.01. The smallest absolute Gasteiger partial charge is 0.239 e. The Labute approximate surface area is 87.9 Å². The van der Waals surface area contributed by atoms with E-state index in [1.165, 1.54) is 0 Å². The highest BCUT2D eigenvalue weighted by Gasteiger charge is 2.04. The Kier molecular flexibility index (Phi) is 3.85. The minimum Gasteiger partial charge on any atom is -0.310 e. The minimum atomic E-state index is -0.107. The molecule has 5 heteroatoms. The summed E-state index contributed by atoms with van der Waals surface area (Å²) >= 11 is 5.73. The van der Waals surface area contributed by atoms with Crippen molar-refractivity contribution in [2.75, 3.05) is 26.0 Å². The van der Waals surface area contributed by atoms with Crippen LogP contribution in [0.1, 0.15) is 0 Å². The van der Waals surface area contributed by atoms with Crippen molar-refractivity contribution in [2.24, 2.45) is 0 Å². The Hall–Kier alpha value is -1.13. The number of anilines is 1. The van der Waals surface area contributed by atoms with E-state index in [4.69, 9.17) is 11.6 Å². The van der Waals surface area contributed by atoms with Gasteiger partial charge in [-0.2, -0.15) is 0 Å². The van der Waals surface area contributed by atoms with Crippen LogP contribution in [0, 0.1) is 0 Å².